The Morgan fingerprint density at radius 1 is 1.08 bits per heavy atom. The largest absolute Gasteiger partial charge is 0.264 e. The van der Waals surface area contributed by atoms with E-state index in [0.717, 1.165) is 12.8 Å². The van der Waals surface area contributed by atoms with Gasteiger partial charge in [0.25, 0.3) is 0 Å². The van der Waals surface area contributed by atoms with E-state index in [4.69, 9.17) is 0 Å². The zero-order chi connectivity index (χ0) is 8.55. The fraction of sp³-hybridized carbons (Fsp3) is 0.182. The Kier molecular flexibility index (Phi) is 1.58. The summed E-state index contributed by atoms with van der Waals surface area (Å²) in [6.07, 6.45) is 5.75. The smallest absolute Gasteiger partial charge is 0.0348 e. The van der Waals surface area contributed by atoms with E-state index >= 15 is 0 Å². The van der Waals surface area contributed by atoms with Crippen LogP contribution in [0.15, 0.2) is 31.6 Å². The van der Waals surface area contributed by atoms with Gasteiger partial charge in [-0.05, 0) is 35.6 Å². The fourth-order valence-corrected chi connectivity index (χ4v) is 1.56. The van der Waals surface area contributed by atoms with E-state index in [1.54, 1.807) is 0 Å². The summed E-state index contributed by atoms with van der Waals surface area (Å²) in [7, 11) is 0. The molecule has 1 nitrogen and oxygen atoms in total. The van der Waals surface area contributed by atoms with Crippen molar-refractivity contribution in [2.45, 2.75) is 12.8 Å². The molecule has 0 unspecified atom stereocenters. The molecule has 0 fully saturated rings. The fourth-order valence-electron chi connectivity index (χ4n) is 1.56. The molecule has 0 atom stereocenters. The van der Waals surface area contributed by atoms with Gasteiger partial charge in [0.15, 0.2) is 0 Å². The Morgan fingerprint density at radius 2 is 1.75 bits per heavy atom. The van der Waals surface area contributed by atoms with Crippen molar-refractivity contribution in [3.05, 3.63) is 42.7 Å². The van der Waals surface area contributed by atoms with Crippen LogP contribution in [0.5, 0.6) is 0 Å². The molecule has 0 spiro atoms. The van der Waals surface area contributed by atoms with E-state index in [0.29, 0.717) is 0 Å². The van der Waals surface area contributed by atoms with Crippen LogP contribution < -0.4 is 0 Å². The standard InChI is InChI=1S/C11H11N/c1-8-3-4-9(2)11-7-12-6-5-10(8)11/h5-7H,1-4H2. The van der Waals surface area contributed by atoms with Gasteiger partial charge in [0.1, 0.15) is 0 Å². The van der Waals surface area contributed by atoms with E-state index < -0.39 is 0 Å². The van der Waals surface area contributed by atoms with Crippen LogP contribution >= 0.6 is 0 Å². The molecular weight excluding hydrogens is 146 g/mol. The van der Waals surface area contributed by atoms with Gasteiger partial charge in [0.2, 0.25) is 0 Å². The summed E-state index contributed by atoms with van der Waals surface area (Å²) in [5, 5.41) is 0. The first-order valence-electron chi connectivity index (χ1n) is 4.09. The van der Waals surface area contributed by atoms with Gasteiger partial charge in [-0.15, -0.1) is 0 Å². The second-order valence-corrected chi connectivity index (χ2v) is 3.13. The van der Waals surface area contributed by atoms with Crippen LogP contribution in [-0.4, -0.2) is 4.98 Å². The van der Waals surface area contributed by atoms with Crippen molar-refractivity contribution in [1.29, 1.82) is 0 Å². The van der Waals surface area contributed by atoms with Crippen molar-refractivity contribution < 1.29 is 0 Å². The van der Waals surface area contributed by atoms with Crippen molar-refractivity contribution in [2.24, 2.45) is 0 Å². The highest BCUT2D eigenvalue weighted by molar-refractivity contribution is 5.81. The first-order chi connectivity index (χ1) is 5.79. The van der Waals surface area contributed by atoms with Crippen LogP contribution in [0.25, 0.3) is 11.1 Å². The number of fused-ring (bicyclic) bond motifs is 1. The Balaban J connectivity index is 2.62. The van der Waals surface area contributed by atoms with Gasteiger partial charge in [-0.1, -0.05) is 13.2 Å². The summed E-state index contributed by atoms with van der Waals surface area (Å²) in [5.74, 6) is 0. The molecule has 0 radical (unpaired) electrons. The monoisotopic (exact) mass is 157 g/mol. The Labute approximate surface area is 72.5 Å². The van der Waals surface area contributed by atoms with Gasteiger partial charge in [-0.2, -0.15) is 0 Å². The van der Waals surface area contributed by atoms with Crippen LogP contribution in [0.2, 0.25) is 0 Å². The normalized spacial score (nSPS) is 16.0. The molecule has 0 saturated carbocycles. The summed E-state index contributed by atoms with van der Waals surface area (Å²) >= 11 is 0. The Hall–Kier alpha value is -1.37. The maximum atomic E-state index is 4.08. The number of aromatic nitrogens is 1. The molecule has 0 saturated heterocycles. The molecule has 2 rings (SSSR count). The predicted octanol–water partition coefficient (Wildman–Crippen LogP) is 2.90. The van der Waals surface area contributed by atoms with Crippen LogP contribution in [0.1, 0.15) is 24.0 Å². The molecule has 12 heavy (non-hydrogen) atoms. The summed E-state index contributed by atoms with van der Waals surface area (Å²) < 4.78 is 0. The second kappa shape index (κ2) is 2.59. The van der Waals surface area contributed by atoms with E-state index in [2.05, 4.69) is 18.1 Å². The maximum absolute atomic E-state index is 4.08. The first kappa shape index (κ1) is 7.29. The molecule has 60 valence electrons. The lowest BCUT2D eigenvalue weighted by atomic mass is 9.87. The SMILES string of the molecule is C=C1CCC(=C)c2cnccc21. The molecule has 1 heterocycles. The zero-order valence-electron chi connectivity index (χ0n) is 7.01. The van der Waals surface area contributed by atoms with Crippen molar-refractivity contribution >= 4 is 11.1 Å². The number of hydrogen-bond acceptors (Lipinski definition) is 1. The quantitative estimate of drug-likeness (QED) is 0.564. The lowest BCUT2D eigenvalue weighted by molar-refractivity contribution is 1.05. The molecule has 1 aromatic heterocycles. The summed E-state index contributed by atoms with van der Waals surface area (Å²) in [6.45, 7) is 8.03. The third-order valence-electron chi connectivity index (χ3n) is 2.31. The summed E-state index contributed by atoms with van der Waals surface area (Å²) in [6, 6.07) is 2.02. The van der Waals surface area contributed by atoms with Crippen LogP contribution in [0.4, 0.5) is 0 Å². The van der Waals surface area contributed by atoms with Crippen LogP contribution in [0.3, 0.4) is 0 Å². The van der Waals surface area contributed by atoms with E-state index in [1.807, 2.05) is 18.5 Å². The molecule has 1 aliphatic carbocycles. The van der Waals surface area contributed by atoms with Crippen molar-refractivity contribution in [3.63, 3.8) is 0 Å². The van der Waals surface area contributed by atoms with Crippen LogP contribution in [0, 0.1) is 0 Å². The van der Waals surface area contributed by atoms with Gasteiger partial charge < -0.3 is 0 Å². The average Bonchev–Trinajstić information content (AvgIpc) is 2.12. The minimum atomic E-state index is 1.03. The van der Waals surface area contributed by atoms with Crippen molar-refractivity contribution in [3.8, 4) is 0 Å². The molecule has 0 aliphatic heterocycles. The summed E-state index contributed by atoms with van der Waals surface area (Å²) in [4.78, 5) is 4.08. The predicted molar refractivity (Wildman–Crippen MR) is 51.5 cm³/mol. The van der Waals surface area contributed by atoms with Gasteiger partial charge in [0, 0.05) is 18.0 Å². The van der Waals surface area contributed by atoms with Gasteiger partial charge in [-0.3, -0.25) is 4.98 Å². The molecule has 1 aromatic rings. The highest BCUT2D eigenvalue weighted by Gasteiger charge is 2.14. The molecular formula is C11H11N. The lowest BCUT2D eigenvalue weighted by Crippen LogP contribution is -1.99. The molecule has 0 N–H and O–H groups in total. The van der Waals surface area contributed by atoms with E-state index in [9.17, 15) is 0 Å². The van der Waals surface area contributed by atoms with Crippen LogP contribution in [-0.2, 0) is 0 Å². The Bertz CT molecular complexity index is 315. The Morgan fingerprint density at radius 3 is 2.42 bits per heavy atom. The number of hydrogen-bond donors (Lipinski definition) is 0. The molecule has 0 bridgehead atoms. The van der Waals surface area contributed by atoms with E-state index in [1.165, 1.54) is 22.3 Å². The minimum Gasteiger partial charge on any atom is -0.264 e. The number of allylic oxidation sites excluding steroid dienone is 2. The average molecular weight is 157 g/mol. The molecule has 1 heteroatoms. The zero-order valence-corrected chi connectivity index (χ0v) is 7.01. The summed E-state index contributed by atoms with van der Waals surface area (Å²) in [5.41, 5.74) is 4.79. The molecule has 0 aromatic carbocycles. The van der Waals surface area contributed by atoms with Crippen molar-refractivity contribution in [1.82, 2.24) is 4.98 Å². The van der Waals surface area contributed by atoms with Gasteiger partial charge >= 0.3 is 0 Å². The van der Waals surface area contributed by atoms with E-state index in [-0.39, 0.29) is 0 Å². The molecule has 0 amide bonds. The third-order valence-corrected chi connectivity index (χ3v) is 2.31. The number of rotatable bonds is 0. The topological polar surface area (TPSA) is 12.9 Å². The first-order valence-corrected chi connectivity index (χ1v) is 4.09. The lowest BCUT2D eigenvalue weighted by Gasteiger charge is -2.18. The van der Waals surface area contributed by atoms with Gasteiger partial charge in [0.05, 0.1) is 0 Å². The maximum Gasteiger partial charge on any atom is 0.0348 e. The number of pyridine rings is 1. The minimum absolute atomic E-state index is 1.03. The highest BCUT2D eigenvalue weighted by Crippen LogP contribution is 2.34. The highest BCUT2D eigenvalue weighted by atomic mass is 14.6. The van der Waals surface area contributed by atoms with Crippen molar-refractivity contribution in [2.75, 3.05) is 0 Å². The third kappa shape index (κ3) is 0.981. The van der Waals surface area contributed by atoms with Gasteiger partial charge in [-0.25, -0.2) is 0 Å². The number of nitrogens with zero attached hydrogens (tertiary/aromatic N) is 1. The molecule has 1 aliphatic rings. The second-order valence-electron chi connectivity index (χ2n) is 3.13.